The van der Waals surface area contributed by atoms with Crippen LogP contribution in [0.3, 0.4) is 0 Å². The molecule has 1 fully saturated rings. The molecule has 174 valence electrons. The second kappa shape index (κ2) is 9.34. The number of halogens is 1. The van der Waals surface area contributed by atoms with E-state index in [1.54, 1.807) is 30.3 Å². The van der Waals surface area contributed by atoms with Crippen LogP contribution in [-0.4, -0.2) is 64.2 Å². The van der Waals surface area contributed by atoms with E-state index in [-0.39, 0.29) is 11.8 Å². The molecule has 5 rings (SSSR count). The van der Waals surface area contributed by atoms with Crippen molar-refractivity contribution >= 4 is 22.9 Å². The lowest BCUT2D eigenvalue weighted by Crippen LogP contribution is -2.52. The fraction of sp³-hybridized carbons (Fsp3) is 0.250. The van der Waals surface area contributed by atoms with E-state index in [1.807, 2.05) is 18.2 Å². The number of carbonyl (C=O) groups excluding carboxylic acids is 1. The van der Waals surface area contributed by atoms with Crippen LogP contribution in [0.4, 0.5) is 15.0 Å². The first kappa shape index (κ1) is 21.6. The molecule has 34 heavy (non-hydrogen) atoms. The number of H-pyrrole nitrogens is 1. The summed E-state index contributed by atoms with van der Waals surface area (Å²) in [6, 6.07) is 11.8. The van der Waals surface area contributed by atoms with Crippen LogP contribution < -0.4 is 15.0 Å². The van der Waals surface area contributed by atoms with Gasteiger partial charge in [-0.2, -0.15) is 0 Å². The molecule has 4 heterocycles. The van der Waals surface area contributed by atoms with E-state index in [1.165, 1.54) is 18.5 Å². The van der Waals surface area contributed by atoms with Crippen LogP contribution in [0.25, 0.3) is 22.3 Å². The Balaban J connectivity index is 1.23. The van der Waals surface area contributed by atoms with Gasteiger partial charge in [0.25, 0.3) is 0 Å². The van der Waals surface area contributed by atoms with Crippen LogP contribution in [0.2, 0.25) is 0 Å². The first-order valence-electron chi connectivity index (χ1n) is 11.0. The third-order valence-corrected chi connectivity index (χ3v) is 5.88. The number of aromatic amines is 1. The SMILES string of the molecule is COc1ccc(CNC(=O)N2CCN(c3ncnc4[nH]c(-c5ccc(F)cc5)cc34)CC2)nc1. The summed E-state index contributed by atoms with van der Waals surface area (Å²) in [4.78, 5) is 33.0. The standard InChI is InChI=1S/C24H24FN7O2/c1-34-19-7-6-18(26-14-19)13-27-24(33)32-10-8-31(9-11-32)23-20-12-21(30-22(20)28-15-29-23)16-2-4-17(25)5-3-16/h2-7,12,14-15H,8-11,13H2,1H3,(H,27,33)(H,28,29,30). The van der Waals surface area contributed by atoms with Gasteiger partial charge < -0.3 is 24.8 Å². The summed E-state index contributed by atoms with van der Waals surface area (Å²) >= 11 is 0. The maximum absolute atomic E-state index is 13.3. The Kier molecular flexibility index (Phi) is 5.94. The van der Waals surface area contributed by atoms with E-state index in [9.17, 15) is 9.18 Å². The van der Waals surface area contributed by atoms with Crippen molar-refractivity contribution in [2.45, 2.75) is 6.54 Å². The first-order valence-corrected chi connectivity index (χ1v) is 11.0. The second-order valence-electron chi connectivity index (χ2n) is 7.97. The quantitative estimate of drug-likeness (QED) is 0.474. The van der Waals surface area contributed by atoms with Crippen molar-refractivity contribution in [3.63, 3.8) is 0 Å². The fourth-order valence-corrected chi connectivity index (χ4v) is 4.00. The number of rotatable bonds is 5. The number of methoxy groups -OCH3 is 1. The minimum absolute atomic E-state index is 0.120. The van der Waals surface area contributed by atoms with Crippen LogP contribution in [0, 0.1) is 5.82 Å². The van der Waals surface area contributed by atoms with Crippen LogP contribution >= 0.6 is 0 Å². The molecule has 1 aliphatic heterocycles. The Morgan fingerprint density at radius 2 is 1.88 bits per heavy atom. The number of aromatic nitrogens is 4. The molecule has 9 nitrogen and oxygen atoms in total. The van der Waals surface area contributed by atoms with Gasteiger partial charge in [0.1, 0.15) is 29.4 Å². The van der Waals surface area contributed by atoms with Gasteiger partial charge in [0.2, 0.25) is 0 Å². The van der Waals surface area contributed by atoms with Gasteiger partial charge in [-0.1, -0.05) is 0 Å². The molecule has 0 spiro atoms. The minimum Gasteiger partial charge on any atom is -0.495 e. The Labute approximate surface area is 195 Å². The lowest BCUT2D eigenvalue weighted by molar-refractivity contribution is 0.193. The number of hydrogen-bond acceptors (Lipinski definition) is 6. The van der Waals surface area contributed by atoms with Gasteiger partial charge in [-0.25, -0.2) is 19.2 Å². The number of anilines is 1. The molecule has 4 aromatic rings. The molecular formula is C24H24FN7O2. The van der Waals surface area contributed by atoms with Gasteiger partial charge in [-0.15, -0.1) is 0 Å². The van der Waals surface area contributed by atoms with E-state index in [4.69, 9.17) is 4.74 Å². The van der Waals surface area contributed by atoms with Crippen molar-refractivity contribution in [1.29, 1.82) is 0 Å². The molecule has 1 aliphatic rings. The normalized spacial score (nSPS) is 13.8. The monoisotopic (exact) mass is 461 g/mol. The van der Waals surface area contributed by atoms with Gasteiger partial charge in [0, 0.05) is 31.9 Å². The highest BCUT2D eigenvalue weighted by Gasteiger charge is 2.23. The predicted octanol–water partition coefficient (Wildman–Crippen LogP) is 3.20. The van der Waals surface area contributed by atoms with Gasteiger partial charge in [-0.3, -0.25) is 4.98 Å². The summed E-state index contributed by atoms with van der Waals surface area (Å²) in [5.74, 6) is 1.22. The molecule has 0 atom stereocenters. The summed E-state index contributed by atoms with van der Waals surface area (Å²) in [6.45, 7) is 2.80. The zero-order valence-electron chi connectivity index (χ0n) is 18.7. The number of nitrogens with one attached hydrogen (secondary N) is 2. The number of nitrogens with zero attached hydrogens (tertiary/aromatic N) is 5. The van der Waals surface area contributed by atoms with E-state index < -0.39 is 0 Å². The molecule has 3 aromatic heterocycles. The van der Waals surface area contributed by atoms with Crippen molar-refractivity contribution in [1.82, 2.24) is 30.2 Å². The average molecular weight is 462 g/mol. The van der Waals surface area contributed by atoms with Crippen molar-refractivity contribution in [2.24, 2.45) is 0 Å². The lowest BCUT2D eigenvalue weighted by atomic mass is 10.1. The topological polar surface area (TPSA) is 99.3 Å². The molecule has 0 saturated carbocycles. The Bertz CT molecular complexity index is 1280. The highest BCUT2D eigenvalue weighted by atomic mass is 19.1. The summed E-state index contributed by atoms with van der Waals surface area (Å²) in [5.41, 5.74) is 3.21. The average Bonchev–Trinajstić information content (AvgIpc) is 3.32. The Hall–Kier alpha value is -4.21. The maximum Gasteiger partial charge on any atom is 0.317 e. The number of ether oxygens (including phenoxy) is 1. The molecule has 0 radical (unpaired) electrons. The number of pyridine rings is 1. The molecule has 2 N–H and O–H groups in total. The van der Waals surface area contributed by atoms with Gasteiger partial charge in [0.15, 0.2) is 0 Å². The number of piperazine rings is 1. The number of urea groups is 1. The first-order chi connectivity index (χ1) is 16.6. The van der Waals surface area contributed by atoms with Crippen molar-refractivity contribution in [3.05, 3.63) is 66.5 Å². The number of amides is 2. The third-order valence-electron chi connectivity index (χ3n) is 5.88. The summed E-state index contributed by atoms with van der Waals surface area (Å²) in [6.07, 6.45) is 3.16. The van der Waals surface area contributed by atoms with E-state index in [0.29, 0.717) is 38.5 Å². The molecule has 1 saturated heterocycles. The van der Waals surface area contributed by atoms with Gasteiger partial charge in [0.05, 0.1) is 30.9 Å². The second-order valence-corrected chi connectivity index (χ2v) is 7.97. The van der Waals surface area contributed by atoms with Crippen LogP contribution in [0.5, 0.6) is 5.75 Å². The molecule has 2 amide bonds. The highest BCUT2D eigenvalue weighted by molar-refractivity contribution is 5.92. The van der Waals surface area contributed by atoms with Crippen molar-refractivity contribution < 1.29 is 13.9 Å². The van der Waals surface area contributed by atoms with E-state index in [0.717, 1.165) is 33.8 Å². The maximum atomic E-state index is 13.3. The number of benzene rings is 1. The molecule has 0 unspecified atom stereocenters. The van der Waals surface area contributed by atoms with Crippen LogP contribution in [0.15, 0.2) is 55.0 Å². The largest absolute Gasteiger partial charge is 0.495 e. The third kappa shape index (κ3) is 4.47. The Morgan fingerprint density at radius 1 is 1.09 bits per heavy atom. The summed E-state index contributed by atoms with van der Waals surface area (Å²) < 4.78 is 18.4. The highest BCUT2D eigenvalue weighted by Crippen LogP contribution is 2.29. The lowest BCUT2D eigenvalue weighted by Gasteiger charge is -2.35. The van der Waals surface area contributed by atoms with Gasteiger partial charge in [-0.05, 0) is 48.0 Å². The molecule has 1 aromatic carbocycles. The zero-order valence-corrected chi connectivity index (χ0v) is 18.7. The number of fused-ring (bicyclic) bond motifs is 1. The van der Waals surface area contributed by atoms with Crippen molar-refractivity contribution in [2.75, 3.05) is 38.2 Å². The fourth-order valence-electron chi connectivity index (χ4n) is 4.00. The van der Waals surface area contributed by atoms with Crippen molar-refractivity contribution in [3.8, 4) is 17.0 Å². The molecular weight excluding hydrogens is 437 g/mol. The van der Waals surface area contributed by atoms with Gasteiger partial charge >= 0.3 is 6.03 Å². The summed E-state index contributed by atoms with van der Waals surface area (Å²) in [7, 11) is 1.59. The van der Waals surface area contributed by atoms with E-state index >= 15 is 0 Å². The Morgan fingerprint density at radius 3 is 2.59 bits per heavy atom. The number of hydrogen-bond donors (Lipinski definition) is 2. The van der Waals surface area contributed by atoms with Crippen LogP contribution in [-0.2, 0) is 6.54 Å². The minimum atomic E-state index is -0.275. The molecule has 0 aliphatic carbocycles. The van der Waals surface area contributed by atoms with Crippen LogP contribution in [0.1, 0.15) is 5.69 Å². The van der Waals surface area contributed by atoms with E-state index in [2.05, 4.69) is 30.2 Å². The summed E-state index contributed by atoms with van der Waals surface area (Å²) in [5, 5.41) is 3.82. The molecule has 0 bridgehead atoms. The molecule has 10 heteroatoms. The zero-order chi connectivity index (χ0) is 23.5. The predicted molar refractivity (Wildman–Crippen MR) is 126 cm³/mol. The smallest absolute Gasteiger partial charge is 0.317 e. The number of carbonyl (C=O) groups is 1.